The minimum atomic E-state index is 0.549. The molecule has 7 heteroatoms. The largest absolute Gasteiger partial charge is 0.340 e. The van der Waals surface area contributed by atoms with E-state index in [4.69, 9.17) is 11.8 Å². The summed E-state index contributed by atoms with van der Waals surface area (Å²) in [5.41, 5.74) is 5.12. The third-order valence-corrected chi connectivity index (χ3v) is 4.99. The third kappa shape index (κ3) is 3.18. The van der Waals surface area contributed by atoms with Crippen molar-refractivity contribution in [3.8, 4) is 0 Å². The lowest BCUT2D eigenvalue weighted by Gasteiger charge is -2.20. The summed E-state index contributed by atoms with van der Waals surface area (Å²) in [6, 6.07) is 16.5. The van der Waals surface area contributed by atoms with Crippen LogP contribution in [0.3, 0.4) is 0 Å². The molecule has 0 saturated carbocycles. The van der Waals surface area contributed by atoms with Gasteiger partial charge in [-0.15, -0.1) is 0 Å². The molecule has 0 spiro atoms. The fourth-order valence-corrected chi connectivity index (χ4v) is 3.55. The summed E-state index contributed by atoms with van der Waals surface area (Å²) in [4.78, 5) is 8.71. The Balaban J connectivity index is 1.43. The third-order valence-electron chi connectivity index (χ3n) is 4.76. The van der Waals surface area contributed by atoms with Crippen LogP contribution in [-0.2, 0) is 13.1 Å². The van der Waals surface area contributed by atoms with Gasteiger partial charge in [0.15, 0.2) is 0 Å². The van der Waals surface area contributed by atoms with Gasteiger partial charge in [-0.2, -0.15) is 5.10 Å². The number of nitrogens with one attached hydrogen (secondary N) is 1. The van der Waals surface area contributed by atoms with E-state index in [1.54, 1.807) is 16.9 Å². The molecule has 4 aromatic rings. The molecule has 0 unspecified atom stereocenters. The monoisotopic (exact) mass is 388 g/mol. The molecule has 3 heterocycles. The molecule has 1 aliphatic heterocycles. The quantitative estimate of drug-likeness (QED) is 0.519. The first kappa shape index (κ1) is 16.8. The molecule has 0 saturated heterocycles. The lowest BCUT2D eigenvalue weighted by molar-refractivity contribution is 0.591. The second kappa shape index (κ2) is 6.98. The summed E-state index contributed by atoms with van der Waals surface area (Å²) in [5.74, 6) is 0.760. The van der Waals surface area contributed by atoms with E-state index in [2.05, 4.69) is 44.6 Å². The summed E-state index contributed by atoms with van der Waals surface area (Å²) < 4.78 is 3.60. The van der Waals surface area contributed by atoms with Crippen molar-refractivity contribution in [2.24, 2.45) is 0 Å². The predicted octanol–water partition coefficient (Wildman–Crippen LogP) is 4.56. The van der Waals surface area contributed by atoms with Crippen LogP contribution in [0.25, 0.3) is 17.0 Å². The number of hydrogen-bond acceptors (Lipinski definition) is 5. The number of hydrogen-bond donors (Lipinski definition) is 1. The number of benzene rings is 2. The molecule has 1 N–H and O–H groups in total. The first-order chi connectivity index (χ1) is 13.8. The minimum absolute atomic E-state index is 0.549. The average molecular weight is 389 g/mol. The van der Waals surface area contributed by atoms with Gasteiger partial charge in [-0.05, 0) is 29.8 Å². The molecular formula is C21H17ClN6. The van der Waals surface area contributed by atoms with Crippen molar-refractivity contribution in [2.45, 2.75) is 13.1 Å². The molecular weight excluding hydrogens is 372 g/mol. The van der Waals surface area contributed by atoms with E-state index >= 15 is 0 Å². The summed E-state index contributed by atoms with van der Waals surface area (Å²) in [5, 5.41) is 9.02. The van der Waals surface area contributed by atoms with Crippen molar-refractivity contribution in [3.63, 3.8) is 0 Å². The molecule has 28 heavy (non-hydrogen) atoms. The second-order valence-electron chi connectivity index (χ2n) is 6.65. The maximum atomic E-state index is 6.12. The summed E-state index contributed by atoms with van der Waals surface area (Å²) >= 11 is 6.12. The maximum absolute atomic E-state index is 6.12. The van der Waals surface area contributed by atoms with Crippen molar-refractivity contribution in [1.29, 1.82) is 0 Å². The van der Waals surface area contributed by atoms with Crippen LogP contribution < -0.4 is 5.32 Å². The Kier molecular flexibility index (Phi) is 4.18. The van der Waals surface area contributed by atoms with Gasteiger partial charge in [0.05, 0.1) is 30.5 Å². The number of anilines is 2. The summed E-state index contributed by atoms with van der Waals surface area (Å²) in [6.45, 7) is 1.29. The SMILES string of the molecule is ClN1C=Cc2ncnc(Nc3ccc4c(cnn4Cc4ccccc4)c3)c2C1. The second-order valence-corrected chi connectivity index (χ2v) is 7.08. The molecule has 138 valence electrons. The molecule has 0 fully saturated rings. The van der Waals surface area contributed by atoms with Crippen LogP contribution in [0.5, 0.6) is 0 Å². The van der Waals surface area contributed by atoms with Crippen molar-refractivity contribution >= 4 is 40.3 Å². The fourth-order valence-electron chi connectivity index (χ4n) is 3.37. The van der Waals surface area contributed by atoms with Crippen LogP contribution in [0.1, 0.15) is 16.8 Å². The maximum Gasteiger partial charge on any atom is 0.139 e. The highest BCUT2D eigenvalue weighted by molar-refractivity contribution is 6.14. The van der Waals surface area contributed by atoms with E-state index in [0.29, 0.717) is 6.54 Å². The van der Waals surface area contributed by atoms with Gasteiger partial charge in [-0.25, -0.2) is 9.97 Å². The Labute approximate surface area is 167 Å². The molecule has 5 rings (SSSR count). The average Bonchev–Trinajstić information content (AvgIpc) is 3.11. The molecule has 6 nitrogen and oxygen atoms in total. The topological polar surface area (TPSA) is 58.9 Å². The zero-order valence-corrected chi connectivity index (χ0v) is 15.7. The summed E-state index contributed by atoms with van der Waals surface area (Å²) in [6.07, 6.45) is 7.14. The summed E-state index contributed by atoms with van der Waals surface area (Å²) in [7, 11) is 0. The lowest BCUT2D eigenvalue weighted by atomic mass is 10.1. The Morgan fingerprint density at radius 1 is 1.07 bits per heavy atom. The van der Waals surface area contributed by atoms with Crippen molar-refractivity contribution < 1.29 is 0 Å². The molecule has 1 aliphatic rings. The first-order valence-electron chi connectivity index (χ1n) is 8.97. The zero-order valence-electron chi connectivity index (χ0n) is 15.0. The van der Waals surface area contributed by atoms with E-state index in [-0.39, 0.29) is 0 Å². The highest BCUT2D eigenvalue weighted by Crippen LogP contribution is 2.28. The van der Waals surface area contributed by atoms with Crippen LogP contribution in [0.15, 0.2) is 67.3 Å². The Hall–Kier alpha value is -3.38. The molecule has 2 aromatic carbocycles. The normalized spacial score (nSPS) is 13.0. The van der Waals surface area contributed by atoms with Crippen LogP contribution in [0.2, 0.25) is 0 Å². The van der Waals surface area contributed by atoms with Gasteiger partial charge in [0.25, 0.3) is 0 Å². The smallest absolute Gasteiger partial charge is 0.139 e. The van der Waals surface area contributed by atoms with E-state index < -0.39 is 0 Å². The van der Waals surface area contributed by atoms with Gasteiger partial charge in [-0.1, -0.05) is 30.3 Å². The predicted molar refractivity (Wildman–Crippen MR) is 111 cm³/mol. The highest BCUT2D eigenvalue weighted by Gasteiger charge is 2.16. The number of aromatic nitrogens is 4. The minimum Gasteiger partial charge on any atom is -0.340 e. The molecule has 2 aromatic heterocycles. The Morgan fingerprint density at radius 2 is 1.96 bits per heavy atom. The van der Waals surface area contributed by atoms with Gasteiger partial charge in [0, 0.05) is 34.6 Å². The number of halogens is 1. The zero-order chi connectivity index (χ0) is 18.9. The standard InChI is InChI=1S/C21H17ClN6/c22-27-9-8-19-18(13-27)21(24-14-23-19)26-17-6-7-20-16(10-17)11-25-28(20)12-15-4-2-1-3-5-15/h1-11,14H,12-13H2,(H,23,24,26). The van der Waals surface area contributed by atoms with Crippen molar-refractivity contribution in [3.05, 3.63) is 84.1 Å². The molecule has 0 bridgehead atoms. The van der Waals surface area contributed by atoms with Crippen LogP contribution in [0.4, 0.5) is 11.5 Å². The van der Waals surface area contributed by atoms with Crippen LogP contribution in [-0.4, -0.2) is 24.2 Å². The fraction of sp³-hybridized carbons (Fsp3) is 0.0952. The van der Waals surface area contributed by atoms with Gasteiger partial charge < -0.3 is 5.32 Å². The molecule has 0 aliphatic carbocycles. The van der Waals surface area contributed by atoms with Gasteiger partial charge in [0.1, 0.15) is 12.1 Å². The van der Waals surface area contributed by atoms with Gasteiger partial charge in [0.2, 0.25) is 0 Å². The van der Waals surface area contributed by atoms with Crippen molar-refractivity contribution in [2.75, 3.05) is 5.32 Å². The number of fused-ring (bicyclic) bond motifs is 2. The highest BCUT2D eigenvalue weighted by atomic mass is 35.5. The van der Waals surface area contributed by atoms with E-state index in [0.717, 1.165) is 40.2 Å². The van der Waals surface area contributed by atoms with Crippen molar-refractivity contribution in [1.82, 2.24) is 24.2 Å². The lowest BCUT2D eigenvalue weighted by Crippen LogP contribution is -2.13. The van der Waals surface area contributed by atoms with Crippen LogP contribution in [0, 0.1) is 0 Å². The Morgan fingerprint density at radius 3 is 2.86 bits per heavy atom. The number of nitrogens with zero attached hydrogens (tertiary/aromatic N) is 5. The van der Waals surface area contributed by atoms with E-state index in [1.165, 1.54) is 5.56 Å². The molecule has 0 atom stereocenters. The van der Waals surface area contributed by atoms with E-state index in [9.17, 15) is 0 Å². The van der Waals surface area contributed by atoms with Gasteiger partial charge >= 0.3 is 0 Å². The van der Waals surface area contributed by atoms with E-state index in [1.807, 2.05) is 41.2 Å². The molecule has 0 radical (unpaired) electrons. The van der Waals surface area contributed by atoms with Gasteiger partial charge in [-0.3, -0.25) is 9.10 Å². The first-order valence-corrected chi connectivity index (χ1v) is 9.31. The Bertz CT molecular complexity index is 1170. The molecule has 0 amide bonds. The van der Waals surface area contributed by atoms with Crippen LogP contribution >= 0.6 is 11.8 Å². The number of rotatable bonds is 4.